The van der Waals surface area contributed by atoms with Gasteiger partial charge in [0.2, 0.25) is 5.91 Å². The number of anilines is 1. The first-order chi connectivity index (χ1) is 11.3. The van der Waals surface area contributed by atoms with Crippen molar-refractivity contribution in [3.8, 4) is 0 Å². The number of likely N-dealkylation sites (N-methyl/N-ethyl adjacent to an activating group) is 1. The van der Waals surface area contributed by atoms with Crippen LogP contribution in [0.25, 0.3) is 0 Å². The smallest absolute Gasteiger partial charge is 0.257 e. The summed E-state index contributed by atoms with van der Waals surface area (Å²) in [6, 6.07) is 3.59. The molecule has 0 spiro atoms. The van der Waals surface area contributed by atoms with Gasteiger partial charge in [0.1, 0.15) is 5.82 Å². The Bertz CT molecular complexity index is 706. The van der Waals surface area contributed by atoms with Crippen LogP contribution in [0.4, 0.5) is 5.82 Å². The predicted molar refractivity (Wildman–Crippen MR) is 91.6 cm³/mol. The summed E-state index contributed by atoms with van der Waals surface area (Å²) >= 11 is 0. The fourth-order valence-electron chi connectivity index (χ4n) is 2.18. The molecule has 0 aliphatic rings. The van der Waals surface area contributed by atoms with Crippen LogP contribution in [0.1, 0.15) is 29.8 Å². The van der Waals surface area contributed by atoms with Crippen molar-refractivity contribution in [2.45, 2.75) is 27.3 Å². The Balaban J connectivity index is 1.91. The molecule has 1 N–H and O–H groups in total. The summed E-state index contributed by atoms with van der Waals surface area (Å²) in [4.78, 5) is 29.9. The maximum Gasteiger partial charge on any atom is 0.257 e. The minimum absolute atomic E-state index is 0.0518. The van der Waals surface area contributed by atoms with E-state index < -0.39 is 0 Å². The highest BCUT2D eigenvalue weighted by Gasteiger charge is 2.17. The maximum absolute atomic E-state index is 12.4. The average molecular weight is 329 g/mol. The Morgan fingerprint density at radius 3 is 2.67 bits per heavy atom. The van der Waals surface area contributed by atoms with Crippen LogP contribution in [0.2, 0.25) is 0 Å². The van der Waals surface area contributed by atoms with Gasteiger partial charge in [0.05, 0.1) is 18.3 Å². The van der Waals surface area contributed by atoms with Crippen LogP contribution in [0.5, 0.6) is 0 Å². The monoisotopic (exact) mass is 329 g/mol. The van der Waals surface area contributed by atoms with E-state index in [-0.39, 0.29) is 18.4 Å². The molecule has 7 heteroatoms. The molecular weight excluding hydrogens is 306 g/mol. The van der Waals surface area contributed by atoms with Gasteiger partial charge in [-0.1, -0.05) is 19.9 Å². The molecule has 2 heterocycles. The number of hydrogen-bond acceptors (Lipinski definition) is 4. The largest absolute Gasteiger partial charge is 0.332 e. The molecule has 0 saturated heterocycles. The number of pyridine rings is 1. The topological polar surface area (TPSA) is 80.1 Å². The molecule has 2 aromatic heterocycles. The van der Waals surface area contributed by atoms with E-state index in [4.69, 9.17) is 0 Å². The summed E-state index contributed by atoms with van der Waals surface area (Å²) in [7, 11) is 1.59. The SMILES string of the molecule is Cc1ccc(NC(=O)CN(C)C(=O)c2cnn(CC(C)C)c2)nc1. The van der Waals surface area contributed by atoms with Crippen LogP contribution in [-0.4, -0.2) is 45.1 Å². The van der Waals surface area contributed by atoms with Crippen molar-refractivity contribution in [3.05, 3.63) is 41.9 Å². The molecule has 0 bridgehead atoms. The van der Waals surface area contributed by atoms with Crippen LogP contribution >= 0.6 is 0 Å². The number of aromatic nitrogens is 3. The van der Waals surface area contributed by atoms with Crippen LogP contribution in [0.3, 0.4) is 0 Å². The number of hydrogen-bond donors (Lipinski definition) is 1. The van der Waals surface area contributed by atoms with E-state index in [9.17, 15) is 9.59 Å². The second-order valence-corrected chi connectivity index (χ2v) is 6.28. The van der Waals surface area contributed by atoms with E-state index in [1.54, 1.807) is 30.2 Å². The van der Waals surface area contributed by atoms with Crippen molar-refractivity contribution < 1.29 is 9.59 Å². The molecule has 128 valence electrons. The minimum Gasteiger partial charge on any atom is -0.332 e. The summed E-state index contributed by atoms with van der Waals surface area (Å²) < 4.78 is 1.74. The van der Waals surface area contributed by atoms with Crippen molar-refractivity contribution in [3.63, 3.8) is 0 Å². The average Bonchev–Trinajstić information content (AvgIpc) is 2.96. The fraction of sp³-hybridized carbons (Fsp3) is 0.412. The van der Waals surface area contributed by atoms with Crippen molar-refractivity contribution in [1.29, 1.82) is 0 Å². The van der Waals surface area contributed by atoms with E-state index >= 15 is 0 Å². The first kappa shape index (κ1) is 17.7. The van der Waals surface area contributed by atoms with Gasteiger partial charge in [0.25, 0.3) is 5.91 Å². The molecule has 7 nitrogen and oxygen atoms in total. The third kappa shape index (κ3) is 4.91. The van der Waals surface area contributed by atoms with Gasteiger partial charge in [-0.2, -0.15) is 5.10 Å². The maximum atomic E-state index is 12.4. The van der Waals surface area contributed by atoms with Gasteiger partial charge >= 0.3 is 0 Å². The van der Waals surface area contributed by atoms with Crippen molar-refractivity contribution >= 4 is 17.6 Å². The van der Waals surface area contributed by atoms with Gasteiger partial charge in [-0.3, -0.25) is 14.3 Å². The summed E-state index contributed by atoms with van der Waals surface area (Å²) in [5.41, 5.74) is 1.48. The summed E-state index contributed by atoms with van der Waals surface area (Å²) in [6.45, 7) is 6.78. The van der Waals surface area contributed by atoms with Crippen LogP contribution in [0.15, 0.2) is 30.7 Å². The highest BCUT2D eigenvalue weighted by Crippen LogP contribution is 2.07. The lowest BCUT2D eigenvalue weighted by molar-refractivity contribution is -0.116. The highest BCUT2D eigenvalue weighted by molar-refractivity contribution is 5.98. The van der Waals surface area contributed by atoms with Gasteiger partial charge in [-0.25, -0.2) is 4.98 Å². The van der Waals surface area contributed by atoms with Gasteiger partial charge < -0.3 is 10.2 Å². The molecule has 0 aliphatic carbocycles. The molecule has 0 atom stereocenters. The number of carbonyl (C=O) groups is 2. The number of amides is 2. The molecule has 0 radical (unpaired) electrons. The minimum atomic E-state index is -0.295. The quantitative estimate of drug-likeness (QED) is 0.878. The van der Waals surface area contributed by atoms with Gasteiger partial charge in [0.15, 0.2) is 0 Å². The summed E-state index contributed by atoms with van der Waals surface area (Å²) in [5.74, 6) is 0.378. The fourth-order valence-corrected chi connectivity index (χ4v) is 2.18. The molecule has 0 fully saturated rings. The summed E-state index contributed by atoms with van der Waals surface area (Å²) in [6.07, 6.45) is 4.91. The Labute approximate surface area is 141 Å². The third-order valence-corrected chi connectivity index (χ3v) is 3.34. The normalized spacial score (nSPS) is 10.7. The molecule has 0 aliphatic heterocycles. The van der Waals surface area contributed by atoms with E-state index in [2.05, 4.69) is 29.2 Å². The van der Waals surface area contributed by atoms with Crippen molar-refractivity contribution in [2.75, 3.05) is 18.9 Å². The van der Waals surface area contributed by atoms with Crippen LogP contribution in [0, 0.1) is 12.8 Å². The predicted octanol–water partition coefficient (Wildman–Crippen LogP) is 1.95. The first-order valence-electron chi connectivity index (χ1n) is 7.85. The van der Waals surface area contributed by atoms with Gasteiger partial charge in [-0.15, -0.1) is 0 Å². The van der Waals surface area contributed by atoms with E-state index in [0.29, 0.717) is 17.3 Å². The Morgan fingerprint density at radius 1 is 1.29 bits per heavy atom. The lowest BCUT2D eigenvalue weighted by Gasteiger charge is -2.15. The van der Waals surface area contributed by atoms with E-state index in [1.807, 2.05) is 13.0 Å². The molecular formula is C17H23N5O2. The van der Waals surface area contributed by atoms with Crippen LogP contribution < -0.4 is 5.32 Å². The number of nitrogens with one attached hydrogen (secondary N) is 1. The number of carbonyl (C=O) groups excluding carboxylic acids is 2. The molecule has 0 aromatic carbocycles. The second kappa shape index (κ2) is 7.72. The van der Waals surface area contributed by atoms with E-state index in [1.165, 1.54) is 11.1 Å². The molecule has 2 amide bonds. The molecule has 0 saturated carbocycles. The van der Waals surface area contributed by atoms with Crippen LogP contribution in [-0.2, 0) is 11.3 Å². The lowest BCUT2D eigenvalue weighted by atomic mass is 10.2. The molecule has 2 aromatic rings. The standard InChI is InChI=1S/C17H23N5O2/c1-12(2)9-22-10-14(8-19-22)17(24)21(4)11-16(23)20-15-6-5-13(3)7-18-15/h5-8,10,12H,9,11H2,1-4H3,(H,18,20,23). The summed E-state index contributed by atoms with van der Waals surface area (Å²) in [5, 5.41) is 6.85. The molecule has 24 heavy (non-hydrogen) atoms. The number of rotatable bonds is 6. The number of aryl methyl sites for hydroxylation is 1. The zero-order valence-electron chi connectivity index (χ0n) is 14.5. The Kier molecular flexibility index (Phi) is 5.68. The van der Waals surface area contributed by atoms with Gasteiger partial charge in [0, 0.05) is 26.0 Å². The second-order valence-electron chi connectivity index (χ2n) is 6.28. The number of nitrogens with zero attached hydrogens (tertiary/aromatic N) is 4. The zero-order valence-corrected chi connectivity index (χ0v) is 14.5. The zero-order chi connectivity index (χ0) is 17.7. The van der Waals surface area contributed by atoms with Crippen molar-refractivity contribution in [1.82, 2.24) is 19.7 Å². The Hall–Kier alpha value is -2.70. The third-order valence-electron chi connectivity index (χ3n) is 3.34. The molecule has 0 unspecified atom stereocenters. The Morgan fingerprint density at radius 2 is 2.04 bits per heavy atom. The van der Waals surface area contributed by atoms with E-state index in [0.717, 1.165) is 12.1 Å². The molecule has 2 rings (SSSR count). The lowest BCUT2D eigenvalue weighted by Crippen LogP contribution is -2.34. The highest BCUT2D eigenvalue weighted by atomic mass is 16.2. The van der Waals surface area contributed by atoms with Gasteiger partial charge in [-0.05, 0) is 24.5 Å². The first-order valence-corrected chi connectivity index (χ1v) is 7.85. The van der Waals surface area contributed by atoms with Crippen molar-refractivity contribution in [2.24, 2.45) is 5.92 Å².